The SMILES string of the molecule is COC(=O)[C@@H]1CCCN1C(=O)c1ccc(N2CC[C@H](N[C@H](C)c3cccc4ccccc34)C2)cc1. The van der Waals surface area contributed by atoms with Gasteiger partial charge >= 0.3 is 5.97 Å². The highest BCUT2D eigenvalue weighted by Crippen LogP contribution is 2.27. The fraction of sp³-hybridized carbons (Fsp3) is 0.379. The molecule has 1 amide bonds. The maximum Gasteiger partial charge on any atom is 0.328 e. The third kappa shape index (κ3) is 4.76. The molecule has 1 N–H and O–H groups in total. The molecule has 6 heteroatoms. The van der Waals surface area contributed by atoms with Crippen LogP contribution in [0.4, 0.5) is 5.69 Å². The maximum atomic E-state index is 13.0. The van der Waals surface area contributed by atoms with Crippen LogP contribution in [0.2, 0.25) is 0 Å². The van der Waals surface area contributed by atoms with E-state index in [-0.39, 0.29) is 17.9 Å². The van der Waals surface area contributed by atoms with Gasteiger partial charge in [-0.05, 0) is 66.8 Å². The summed E-state index contributed by atoms with van der Waals surface area (Å²) >= 11 is 0. The van der Waals surface area contributed by atoms with Crippen LogP contribution in [-0.4, -0.2) is 55.6 Å². The van der Waals surface area contributed by atoms with Crippen molar-refractivity contribution in [2.45, 2.75) is 44.3 Å². The number of hydrogen-bond acceptors (Lipinski definition) is 5. The molecule has 0 aliphatic carbocycles. The van der Waals surface area contributed by atoms with Gasteiger partial charge in [-0.1, -0.05) is 42.5 Å². The molecule has 0 unspecified atom stereocenters. The first-order valence-electron chi connectivity index (χ1n) is 12.5. The number of rotatable bonds is 6. The molecule has 2 aliphatic rings. The normalized spacial score (nSPS) is 20.9. The van der Waals surface area contributed by atoms with Crippen molar-refractivity contribution in [1.82, 2.24) is 10.2 Å². The lowest BCUT2D eigenvalue weighted by atomic mass is 9.99. The quantitative estimate of drug-likeness (QED) is 0.535. The van der Waals surface area contributed by atoms with Gasteiger partial charge in [-0.3, -0.25) is 4.79 Å². The van der Waals surface area contributed by atoms with Gasteiger partial charge in [0, 0.05) is 43.0 Å². The zero-order valence-electron chi connectivity index (χ0n) is 20.4. The summed E-state index contributed by atoms with van der Waals surface area (Å²) in [6.07, 6.45) is 2.56. The van der Waals surface area contributed by atoms with E-state index in [2.05, 4.69) is 59.6 Å². The smallest absolute Gasteiger partial charge is 0.328 e. The maximum absolute atomic E-state index is 13.0. The Kier molecular flexibility index (Phi) is 6.73. The van der Waals surface area contributed by atoms with Crippen LogP contribution >= 0.6 is 0 Å². The molecule has 2 fully saturated rings. The molecule has 2 heterocycles. The summed E-state index contributed by atoms with van der Waals surface area (Å²) in [5.41, 5.74) is 3.06. The van der Waals surface area contributed by atoms with Crippen molar-refractivity contribution in [3.05, 3.63) is 77.9 Å². The standard InChI is InChI=1S/C29H33N3O3/c1-20(25-10-5-8-21-7-3-4-9-26(21)25)30-23-16-18-31(19-23)24-14-12-22(13-15-24)28(33)32-17-6-11-27(32)29(34)35-2/h3-5,7-10,12-15,20,23,27,30H,6,11,16-19H2,1-2H3/t20-,23+,27+/m1/s1. The zero-order chi connectivity index (χ0) is 24.4. The number of carbonyl (C=O) groups excluding carboxylic acids is 2. The summed E-state index contributed by atoms with van der Waals surface area (Å²) < 4.78 is 4.88. The topological polar surface area (TPSA) is 61.9 Å². The van der Waals surface area contributed by atoms with E-state index < -0.39 is 6.04 Å². The van der Waals surface area contributed by atoms with Crippen molar-refractivity contribution >= 4 is 28.3 Å². The number of likely N-dealkylation sites (tertiary alicyclic amines) is 1. The summed E-state index contributed by atoms with van der Waals surface area (Å²) in [5, 5.41) is 6.40. The lowest BCUT2D eigenvalue weighted by Gasteiger charge is -2.24. The van der Waals surface area contributed by atoms with Crippen LogP contribution in [0.5, 0.6) is 0 Å². The third-order valence-corrected chi connectivity index (χ3v) is 7.43. The van der Waals surface area contributed by atoms with Crippen molar-refractivity contribution in [2.24, 2.45) is 0 Å². The second-order valence-corrected chi connectivity index (χ2v) is 9.61. The number of fused-ring (bicyclic) bond motifs is 1. The van der Waals surface area contributed by atoms with E-state index in [0.717, 1.165) is 31.6 Å². The lowest BCUT2D eigenvalue weighted by molar-refractivity contribution is -0.145. The first-order valence-corrected chi connectivity index (χ1v) is 12.5. The number of methoxy groups -OCH3 is 1. The van der Waals surface area contributed by atoms with Crippen LogP contribution in [0, 0.1) is 0 Å². The van der Waals surface area contributed by atoms with Gasteiger partial charge in [0.15, 0.2) is 0 Å². The minimum absolute atomic E-state index is 0.102. The van der Waals surface area contributed by atoms with Gasteiger partial charge in [0.25, 0.3) is 5.91 Å². The minimum Gasteiger partial charge on any atom is -0.467 e. The fourth-order valence-electron chi connectivity index (χ4n) is 5.57. The van der Waals surface area contributed by atoms with E-state index in [1.165, 1.54) is 23.4 Å². The van der Waals surface area contributed by atoms with E-state index in [0.29, 0.717) is 24.6 Å². The molecule has 5 rings (SSSR count). The summed E-state index contributed by atoms with van der Waals surface area (Å²) in [4.78, 5) is 29.0. The summed E-state index contributed by atoms with van der Waals surface area (Å²) in [6.45, 7) is 4.74. The number of amides is 1. The van der Waals surface area contributed by atoms with E-state index in [1.807, 2.05) is 24.3 Å². The van der Waals surface area contributed by atoms with Crippen molar-refractivity contribution in [1.29, 1.82) is 0 Å². The van der Waals surface area contributed by atoms with Crippen LogP contribution in [0.1, 0.15) is 48.1 Å². The molecular formula is C29H33N3O3. The van der Waals surface area contributed by atoms with Crippen LogP contribution in [0.15, 0.2) is 66.7 Å². The highest BCUT2D eigenvalue weighted by Gasteiger charge is 2.35. The van der Waals surface area contributed by atoms with E-state index in [9.17, 15) is 9.59 Å². The molecule has 3 atom stereocenters. The van der Waals surface area contributed by atoms with Gasteiger partial charge in [-0.15, -0.1) is 0 Å². The molecule has 0 spiro atoms. The van der Waals surface area contributed by atoms with Gasteiger partial charge in [0.1, 0.15) is 6.04 Å². The van der Waals surface area contributed by atoms with Crippen molar-refractivity contribution < 1.29 is 14.3 Å². The average Bonchev–Trinajstić information content (AvgIpc) is 3.58. The second kappa shape index (κ2) is 10.1. The van der Waals surface area contributed by atoms with Gasteiger partial charge in [-0.25, -0.2) is 4.79 Å². The Hall–Kier alpha value is -3.38. The predicted octanol–water partition coefficient (Wildman–Crippen LogP) is 4.55. The minimum atomic E-state index is -0.471. The molecule has 2 saturated heterocycles. The number of carbonyl (C=O) groups is 2. The predicted molar refractivity (Wildman–Crippen MR) is 139 cm³/mol. The number of ether oxygens (including phenoxy) is 1. The number of nitrogens with zero attached hydrogens (tertiary/aromatic N) is 2. The molecule has 3 aromatic rings. The fourth-order valence-corrected chi connectivity index (χ4v) is 5.57. The molecule has 2 aliphatic heterocycles. The largest absolute Gasteiger partial charge is 0.467 e. The Labute approximate surface area is 206 Å². The van der Waals surface area contributed by atoms with Crippen LogP contribution in [0.3, 0.4) is 0 Å². The first kappa shape index (κ1) is 23.4. The Morgan fingerprint density at radius 1 is 0.971 bits per heavy atom. The number of hydrogen-bond donors (Lipinski definition) is 1. The van der Waals surface area contributed by atoms with Crippen LogP contribution < -0.4 is 10.2 Å². The third-order valence-electron chi connectivity index (χ3n) is 7.43. The first-order chi connectivity index (χ1) is 17.0. The molecule has 182 valence electrons. The van der Waals surface area contributed by atoms with Crippen LogP contribution in [-0.2, 0) is 9.53 Å². The Bertz CT molecular complexity index is 1200. The Morgan fingerprint density at radius 2 is 1.74 bits per heavy atom. The van der Waals surface area contributed by atoms with E-state index in [1.54, 1.807) is 4.90 Å². The Balaban J connectivity index is 1.21. The summed E-state index contributed by atoms with van der Waals surface area (Å²) in [7, 11) is 1.37. The highest BCUT2D eigenvalue weighted by molar-refractivity contribution is 5.97. The lowest BCUT2D eigenvalue weighted by Crippen LogP contribution is -2.41. The van der Waals surface area contributed by atoms with Crippen LogP contribution in [0.25, 0.3) is 10.8 Å². The van der Waals surface area contributed by atoms with Crippen molar-refractivity contribution in [3.8, 4) is 0 Å². The number of nitrogens with one attached hydrogen (secondary N) is 1. The van der Waals surface area contributed by atoms with E-state index in [4.69, 9.17) is 4.74 Å². The molecule has 0 bridgehead atoms. The van der Waals surface area contributed by atoms with Crippen molar-refractivity contribution in [3.63, 3.8) is 0 Å². The average molecular weight is 472 g/mol. The monoisotopic (exact) mass is 471 g/mol. The molecule has 0 aromatic heterocycles. The zero-order valence-corrected chi connectivity index (χ0v) is 20.4. The number of anilines is 1. The van der Waals surface area contributed by atoms with Gasteiger partial charge in [-0.2, -0.15) is 0 Å². The number of benzene rings is 3. The number of esters is 1. The second-order valence-electron chi connectivity index (χ2n) is 9.61. The van der Waals surface area contributed by atoms with Gasteiger partial charge < -0.3 is 19.9 Å². The molecule has 0 radical (unpaired) electrons. The molecule has 6 nitrogen and oxygen atoms in total. The summed E-state index contributed by atoms with van der Waals surface area (Å²) in [5.74, 6) is -0.435. The Morgan fingerprint density at radius 3 is 2.54 bits per heavy atom. The van der Waals surface area contributed by atoms with Crippen molar-refractivity contribution in [2.75, 3.05) is 31.6 Å². The molecular weight excluding hydrogens is 438 g/mol. The summed E-state index contributed by atoms with van der Waals surface area (Å²) in [6, 6.07) is 23.0. The highest BCUT2D eigenvalue weighted by atomic mass is 16.5. The molecule has 35 heavy (non-hydrogen) atoms. The molecule has 3 aromatic carbocycles. The molecule has 0 saturated carbocycles. The van der Waals surface area contributed by atoms with E-state index >= 15 is 0 Å². The van der Waals surface area contributed by atoms with Gasteiger partial charge in [0.05, 0.1) is 7.11 Å². The van der Waals surface area contributed by atoms with Gasteiger partial charge in [0.2, 0.25) is 0 Å².